The van der Waals surface area contributed by atoms with Gasteiger partial charge in [-0.15, -0.1) is 0 Å². The molecule has 0 aliphatic carbocycles. The molecule has 0 fully saturated rings. The van der Waals surface area contributed by atoms with Crippen LogP contribution in [0.4, 0.5) is 0 Å². The number of carbonyl (C=O) groups is 2. The van der Waals surface area contributed by atoms with E-state index in [-0.39, 0.29) is 17.3 Å². The van der Waals surface area contributed by atoms with E-state index in [1.54, 1.807) is 18.2 Å². The van der Waals surface area contributed by atoms with Crippen LogP contribution in [0, 0.1) is 0 Å². The number of hydrogen-bond donors (Lipinski definition) is 0. The van der Waals surface area contributed by atoms with Crippen molar-refractivity contribution in [3.8, 4) is 0 Å². The van der Waals surface area contributed by atoms with E-state index in [2.05, 4.69) is 5.16 Å². The van der Waals surface area contributed by atoms with E-state index in [1.165, 1.54) is 13.8 Å². The molecule has 0 saturated heterocycles. The number of carbonyl (C=O) groups excluding carboxylic acids is 2. The van der Waals surface area contributed by atoms with Gasteiger partial charge >= 0.3 is 0 Å². The van der Waals surface area contributed by atoms with E-state index >= 15 is 0 Å². The number of rotatable bonds is 2. The van der Waals surface area contributed by atoms with Crippen molar-refractivity contribution >= 4 is 22.5 Å². The quantitative estimate of drug-likeness (QED) is 0.702. The van der Waals surface area contributed by atoms with Gasteiger partial charge in [0, 0.05) is 12.5 Å². The lowest BCUT2D eigenvalue weighted by Crippen LogP contribution is -1.97. The average molecular weight is 203 g/mol. The van der Waals surface area contributed by atoms with E-state index in [9.17, 15) is 9.59 Å². The number of hydrogen-bond acceptors (Lipinski definition) is 4. The summed E-state index contributed by atoms with van der Waals surface area (Å²) in [5.41, 5.74) is 1.01. The summed E-state index contributed by atoms with van der Waals surface area (Å²) in [6.07, 6.45) is 0. The van der Waals surface area contributed by atoms with Gasteiger partial charge in [0.2, 0.25) is 5.76 Å². The Morgan fingerprint density at radius 2 is 1.93 bits per heavy atom. The van der Waals surface area contributed by atoms with Crippen LogP contribution < -0.4 is 0 Å². The van der Waals surface area contributed by atoms with Gasteiger partial charge in [0.15, 0.2) is 11.6 Å². The summed E-state index contributed by atoms with van der Waals surface area (Å²) in [6.45, 7) is 2.84. The minimum Gasteiger partial charge on any atom is -0.352 e. The van der Waals surface area contributed by atoms with Crippen LogP contribution in [0.25, 0.3) is 10.9 Å². The van der Waals surface area contributed by atoms with Gasteiger partial charge < -0.3 is 4.52 Å². The van der Waals surface area contributed by atoms with Crippen molar-refractivity contribution in [1.82, 2.24) is 5.16 Å². The highest BCUT2D eigenvalue weighted by molar-refractivity contribution is 6.13. The van der Waals surface area contributed by atoms with Crippen molar-refractivity contribution in [3.63, 3.8) is 0 Å². The zero-order chi connectivity index (χ0) is 11.0. The van der Waals surface area contributed by atoms with Gasteiger partial charge in [-0.1, -0.05) is 17.3 Å². The van der Waals surface area contributed by atoms with Crippen LogP contribution in [0.5, 0.6) is 0 Å². The zero-order valence-corrected chi connectivity index (χ0v) is 8.40. The van der Waals surface area contributed by atoms with Crippen molar-refractivity contribution in [1.29, 1.82) is 0 Å². The van der Waals surface area contributed by atoms with Crippen molar-refractivity contribution < 1.29 is 14.1 Å². The Hall–Kier alpha value is -1.97. The Morgan fingerprint density at radius 3 is 2.53 bits per heavy atom. The van der Waals surface area contributed by atoms with Crippen molar-refractivity contribution in [2.45, 2.75) is 13.8 Å². The summed E-state index contributed by atoms with van der Waals surface area (Å²) in [5.74, 6) is -0.187. The Bertz CT molecular complexity index is 554. The van der Waals surface area contributed by atoms with Crippen molar-refractivity contribution in [2.75, 3.05) is 0 Å². The van der Waals surface area contributed by atoms with Gasteiger partial charge in [0.05, 0.1) is 5.39 Å². The van der Waals surface area contributed by atoms with E-state index in [0.717, 1.165) is 0 Å². The molecule has 0 atom stereocenters. The maximum Gasteiger partial charge on any atom is 0.210 e. The first-order valence-electron chi connectivity index (χ1n) is 4.51. The molecule has 76 valence electrons. The smallest absolute Gasteiger partial charge is 0.210 e. The molecule has 1 aromatic carbocycles. The van der Waals surface area contributed by atoms with E-state index in [1.807, 2.05) is 0 Å². The number of fused-ring (bicyclic) bond motifs is 1. The molecule has 0 aliphatic heterocycles. The summed E-state index contributed by atoms with van der Waals surface area (Å²) < 4.78 is 4.92. The van der Waals surface area contributed by atoms with E-state index in [4.69, 9.17) is 4.52 Å². The lowest BCUT2D eigenvalue weighted by Gasteiger charge is -1.97. The summed E-state index contributed by atoms with van der Waals surface area (Å²) in [4.78, 5) is 22.6. The van der Waals surface area contributed by atoms with E-state index < -0.39 is 0 Å². The summed E-state index contributed by atoms with van der Waals surface area (Å²) in [6, 6.07) is 5.08. The number of nitrogens with zero attached hydrogens (tertiary/aromatic N) is 1. The molecule has 2 rings (SSSR count). The zero-order valence-electron chi connectivity index (χ0n) is 8.40. The molecule has 0 saturated carbocycles. The summed E-state index contributed by atoms with van der Waals surface area (Å²) >= 11 is 0. The third kappa shape index (κ3) is 1.44. The highest BCUT2D eigenvalue weighted by Crippen LogP contribution is 2.23. The van der Waals surface area contributed by atoms with Crippen molar-refractivity contribution in [2.24, 2.45) is 0 Å². The van der Waals surface area contributed by atoms with Gasteiger partial charge in [-0.05, 0) is 13.0 Å². The molecule has 0 spiro atoms. The molecule has 1 aromatic heterocycles. The Morgan fingerprint density at radius 1 is 1.20 bits per heavy atom. The summed E-state index contributed by atoms with van der Waals surface area (Å²) in [5, 5.41) is 4.25. The highest BCUT2D eigenvalue weighted by Gasteiger charge is 2.17. The number of benzene rings is 1. The molecule has 4 nitrogen and oxygen atoms in total. The van der Waals surface area contributed by atoms with Crippen LogP contribution in [-0.4, -0.2) is 16.7 Å². The minimum atomic E-state index is -0.230. The monoisotopic (exact) mass is 203 g/mol. The van der Waals surface area contributed by atoms with Crippen LogP contribution in [0.2, 0.25) is 0 Å². The molecule has 15 heavy (non-hydrogen) atoms. The van der Waals surface area contributed by atoms with Crippen molar-refractivity contribution in [3.05, 3.63) is 29.5 Å². The van der Waals surface area contributed by atoms with Crippen LogP contribution >= 0.6 is 0 Å². The minimum absolute atomic E-state index is 0.105. The van der Waals surface area contributed by atoms with Gasteiger partial charge in [-0.25, -0.2) is 0 Å². The first kappa shape index (κ1) is 9.58. The molecule has 1 heterocycles. The molecule has 0 N–H and O–H groups in total. The molecule has 0 amide bonds. The standard InChI is InChI=1S/C11H9NO3/c1-6(13)8-4-3-5-9-10(8)11(7(2)14)15-12-9/h3-5H,1-2H3. The third-order valence-corrected chi connectivity index (χ3v) is 2.20. The second kappa shape index (κ2) is 3.31. The predicted octanol–water partition coefficient (Wildman–Crippen LogP) is 2.23. The van der Waals surface area contributed by atoms with Gasteiger partial charge in [0.1, 0.15) is 5.52 Å². The highest BCUT2D eigenvalue weighted by atomic mass is 16.5. The van der Waals surface area contributed by atoms with Gasteiger partial charge in [-0.3, -0.25) is 9.59 Å². The predicted molar refractivity (Wildman–Crippen MR) is 54.0 cm³/mol. The Labute approximate surface area is 85.9 Å². The average Bonchev–Trinajstić information content (AvgIpc) is 2.60. The maximum atomic E-state index is 11.4. The lowest BCUT2D eigenvalue weighted by molar-refractivity contribution is 0.0980. The number of Topliss-reactive ketones (excluding diaryl/α,β-unsaturated/α-hetero) is 2. The third-order valence-electron chi connectivity index (χ3n) is 2.20. The normalized spacial score (nSPS) is 10.5. The molecule has 0 unspecified atom stereocenters. The topological polar surface area (TPSA) is 60.2 Å². The van der Waals surface area contributed by atoms with Gasteiger partial charge in [-0.2, -0.15) is 0 Å². The van der Waals surface area contributed by atoms with Crippen LogP contribution in [0.1, 0.15) is 34.8 Å². The molecule has 2 aromatic rings. The molecule has 0 aliphatic rings. The summed E-state index contributed by atoms with van der Waals surface area (Å²) in [7, 11) is 0. The maximum absolute atomic E-state index is 11.4. The lowest BCUT2D eigenvalue weighted by atomic mass is 10.0. The second-order valence-electron chi connectivity index (χ2n) is 3.32. The molecular weight excluding hydrogens is 194 g/mol. The Balaban J connectivity index is 2.86. The molecule has 4 heteroatoms. The van der Waals surface area contributed by atoms with Crippen LogP contribution in [-0.2, 0) is 0 Å². The largest absolute Gasteiger partial charge is 0.352 e. The van der Waals surface area contributed by atoms with Gasteiger partial charge in [0.25, 0.3) is 0 Å². The molecule has 0 radical (unpaired) electrons. The first-order valence-corrected chi connectivity index (χ1v) is 4.51. The fourth-order valence-corrected chi connectivity index (χ4v) is 1.53. The fraction of sp³-hybridized carbons (Fsp3) is 0.182. The van der Waals surface area contributed by atoms with E-state index in [0.29, 0.717) is 16.5 Å². The number of ketones is 2. The van der Waals surface area contributed by atoms with Crippen LogP contribution in [0.15, 0.2) is 22.7 Å². The van der Waals surface area contributed by atoms with Crippen LogP contribution in [0.3, 0.4) is 0 Å². The first-order chi connectivity index (χ1) is 7.11. The Kier molecular flexibility index (Phi) is 2.11. The SMILES string of the molecule is CC(=O)c1cccc2noc(C(C)=O)c12. The molecule has 0 bridgehead atoms. The molecular formula is C11H9NO3. The second-order valence-corrected chi connectivity index (χ2v) is 3.32. The number of aromatic nitrogens is 1. The fourth-order valence-electron chi connectivity index (χ4n) is 1.53.